The fraction of sp³-hybridized carbons (Fsp3) is 0.435. The van der Waals surface area contributed by atoms with Gasteiger partial charge in [0.2, 0.25) is 5.91 Å². The lowest BCUT2D eigenvalue weighted by Gasteiger charge is -2.39. The van der Waals surface area contributed by atoms with Crippen molar-refractivity contribution < 1.29 is 19.1 Å². The second-order valence-electron chi connectivity index (χ2n) is 8.01. The summed E-state index contributed by atoms with van der Waals surface area (Å²) in [6.45, 7) is 6.21. The van der Waals surface area contributed by atoms with E-state index in [2.05, 4.69) is 5.32 Å². The first-order chi connectivity index (χ1) is 14.4. The summed E-state index contributed by atoms with van der Waals surface area (Å²) in [5, 5.41) is 4.68. The monoisotopic (exact) mass is 428 g/mol. The standard InChI is InChI=1S/C23H28N2O4S/c1-15(2)13-24-20(26)14-29-23(28)18-10-11-21(27)25(17-8-6-16(3)7-9-17)22(18)19-5-4-12-30-19/h4-9,12,15,18,22H,10-11,13-14H2,1-3H3,(H,24,26). The average molecular weight is 429 g/mol. The molecule has 0 bridgehead atoms. The van der Waals surface area contributed by atoms with Gasteiger partial charge in [-0.2, -0.15) is 0 Å². The Labute approximate surface area is 181 Å². The van der Waals surface area contributed by atoms with Crippen LogP contribution in [0.3, 0.4) is 0 Å². The summed E-state index contributed by atoms with van der Waals surface area (Å²) in [7, 11) is 0. The molecular formula is C23H28N2O4S. The van der Waals surface area contributed by atoms with E-state index in [1.54, 1.807) is 4.90 Å². The van der Waals surface area contributed by atoms with Crippen LogP contribution in [0.1, 0.15) is 43.2 Å². The average Bonchev–Trinajstić information content (AvgIpc) is 3.25. The van der Waals surface area contributed by atoms with E-state index >= 15 is 0 Å². The van der Waals surface area contributed by atoms with Crippen molar-refractivity contribution in [2.45, 2.75) is 39.7 Å². The number of amides is 2. The highest BCUT2D eigenvalue weighted by Gasteiger charge is 2.42. The molecule has 2 atom stereocenters. The molecule has 2 heterocycles. The Balaban J connectivity index is 1.80. The van der Waals surface area contributed by atoms with Crippen molar-refractivity contribution >= 4 is 34.8 Å². The lowest BCUT2D eigenvalue weighted by atomic mass is 9.87. The maximum Gasteiger partial charge on any atom is 0.311 e. The maximum atomic E-state index is 12.9. The number of anilines is 1. The van der Waals surface area contributed by atoms with Gasteiger partial charge in [-0.15, -0.1) is 11.3 Å². The maximum absolute atomic E-state index is 12.9. The van der Waals surface area contributed by atoms with Gasteiger partial charge in [-0.05, 0) is 42.8 Å². The number of benzene rings is 1. The summed E-state index contributed by atoms with van der Waals surface area (Å²) in [5.74, 6) is -0.985. The third-order valence-electron chi connectivity index (χ3n) is 5.10. The molecule has 1 aliphatic heterocycles. The van der Waals surface area contributed by atoms with Crippen LogP contribution in [0.25, 0.3) is 0 Å². The fourth-order valence-electron chi connectivity index (χ4n) is 3.55. The Morgan fingerprint density at radius 1 is 1.23 bits per heavy atom. The van der Waals surface area contributed by atoms with Crippen molar-refractivity contribution in [3.05, 3.63) is 52.2 Å². The number of aryl methyl sites for hydroxylation is 1. The fourth-order valence-corrected chi connectivity index (χ4v) is 4.43. The number of piperidine rings is 1. The van der Waals surface area contributed by atoms with Gasteiger partial charge in [0.15, 0.2) is 6.61 Å². The van der Waals surface area contributed by atoms with Crippen molar-refractivity contribution in [3.8, 4) is 0 Å². The molecule has 1 aromatic carbocycles. The third kappa shape index (κ3) is 5.27. The number of nitrogens with zero attached hydrogens (tertiary/aromatic N) is 1. The number of carbonyl (C=O) groups is 3. The zero-order chi connectivity index (χ0) is 21.7. The second kappa shape index (κ2) is 9.89. The van der Waals surface area contributed by atoms with Crippen molar-refractivity contribution in [3.63, 3.8) is 0 Å². The molecule has 160 valence electrons. The van der Waals surface area contributed by atoms with Crippen LogP contribution < -0.4 is 10.2 Å². The summed E-state index contributed by atoms with van der Waals surface area (Å²) in [5.41, 5.74) is 1.86. The highest BCUT2D eigenvalue weighted by Crippen LogP contribution is 2.42. The molecule has 0 saturated carbocycles. The normalized spacial score (nSPS) is 19.1. The Kier molecular flexibility index (Phi) is 7.26. The highest BCUT2D eigenvalue weighted by molar-refractivity contribution is 7.10. The van der Waals surface area contributed by atoms with Gasteiger partial charge in [-0.25, -0.2) is 0 Å². The number of ether oxygens (including phenoxy) is 1. The molecule has 1 N–H and O–H groups in total. The lowest BCUT2D eigenvalue weighted by molar-refractivity contribution is -0.154. The molecular weight excluding hydrogens is 400 g/mol. The molecule has 2 amide bonds. The van der Waals surface area contributed by atoms with Crippen LogP contribution in [0.15, 0.2) is 41.8 Å². The molecule has 2 aromatic rings. The number of carbonyl (C=O) groups excluding carboxylic acids is 3. The van der Waals surface area contributed by atoms with Gasteiger partial charge in [-0.1, -0.05) is 37.6 Å². The Bertz CT molecular complexity index is 877. The van der Waals surface area contributed by atoms with Gasteiger partial charge in [0.1, 0.15) is 0 Å². The van der Waals surface area contributed by atoms with Crippen LogP contribution in [-0.2, 0) is 19.1 Å². The highest BCUT2D eigenvalue weighted by atomic mass is 32.1. The molecule has 0 radical (unpaired) electrons. The van der Waals surface area contributed by atoms with Crippen LogP contribution >= 0.6 is 11.3 Å². The summed E-state index contributed by atoms with van der Waals surface area (Å²) in [4.78, 5) is 40.4. The zero-order valence-corrected chi connectivity index (χ0v) is 18.4. The van der Waals surface area contributed by atoms with E-state index in [0.29, 0.717) is 18.9 Å². The number of thiophene rings is 1. The predicted molar refractivity (Wildman–Crippen MR) is 117 cm³/mol. The van der Waals surface area contributed by atoms with Crippen LogP contribution in [-0.4, -0.2) is 30.9 Å². The lowest BCUT2D eigenvalue weighted by Crippen LogP contribution is -2.46. The smallest absolute Gasteiger partial charge is 0.311 e. The van der Waals surface area contributed by atoms with E-state index in [-0.39, 0.29) is 24.8 Å². The molecule has 1 aliphatic rings. The minimum atomic E-state index is -0.527. The van der Waals surface area contributed by atoms with Crippen LogP contribution in [0, 0.1) is 18.8 Å². The van der Waals surface area contributed by atoms with Crippen molar-refractivity contribution in [1.82, 2.24) is 5.32 Å². The minimum Gasteiger partial charge on any atom is -0.455 e. The van der Waals surface area contributed by atoms with Gasteiger partial charge in [-0.3, -0.25) is 14.4 Å². The van der Waals surface area contributed by atoms with Crippen molar-refractivity contribution in [1.29, 1.82) is 0 Å². The first-order valence-electron chi connectivity index (χ1n) is 10.2. The SMILES string of the molecule is Cc1ccc(N2C(=O)CCC(C(=O)OCC(=O)NCC(C)C)C2c2cccs2)cc1. The van der Waals surface area contributed by atoms with Crippen LogP contribution in [0.2, 0.25) is 0 Å². The molecule has 30 heavy (non-hydrogen) atoms. The van der Waals surface area contributed by atoms with Crippen molar-refractivity contribution in [2.24, 2.45) is 11.8 Å². The molecule has 1 fully saturated rings. The van der Waals surface area contributed by atoms with Gasteiger partial charge in [0, 0.05) is 23.5 Å². The molecule has 1 saturated heterocycles. The van der Waals surface area contributed by atoms with E-state index in [1.165, 1.54) is 11.3 Å². The summed E-state index contributed by atoms with van der Waals surface area (Å²) >= 11 is 1.51. The Morgan fingerprint density at radius 3 is 2.60 bits per heavy atom. The number of hydrogen-bond donors (Lipinski definition) is 1. The van der Waals surface area contributed by atoms with Gasteiger partial charge in [0.05, 0.1) is 12.0 Å². The third-order valence-corrected chi connectivity index (χ3v) is 6.04. The minimum absolute atomic E-state index is 0.0176. The zero-order valence-electron chi connectivity index (χ0n) is 17.6. The topological polar surface area (TPSA) is 75.7 Å². The van der Waals surface area contributed by atoms with Gasteiger partial charge in [0.25, 0.3) is 5.91 Å². The van der Waals surface area contributed by atoms with Crippen LogP contribution in [0.5, 0.6) is 0 Å². The first kappa shape index (κ1) is 22.0. The number of rotatable bonds is 7. The molecule has 1 aromatic heterocycles. The quantitative estimate of drug-likeness (QED) is 0.680. The van der Waals surface area contributed by atoms with E-state index in [0.717, 1.165) is 16.1 Å². The molecule has 3 rings (SSSR count). The van der Waals surface area contributed by atoms with Crippen LogP contribution in [0.4, 0.5) is 5.69 Å². The molecule has 0 spiro atoms. The van der Waals surface area contributed by atoms with Crippen molar-refractivity contribution in [2.75, 3.05) is 18.1 Å². The second-order valence-corrected chi connectivity index (χ2v) is 8.99. The van der Waals surface area contributed by atoms with E-state index in [4.69, 9.17) is 4.74 Å². The van der Waals surface area contributed by atoms with E-state index in [1.807, 2.05) is 62.5 Å². The number of hydrogen-bond acceptors (Lipinski definition) is 5. The summed E-state index contributed by atoms with van der Waals surface area (Å²) in [6, 6.07) is 11.1. The van der Waals surface area contributed by atoms with E-state index < -0.39 is 17.9 Å². The van der Waals surface area contributed by atoms with Gasteiger partial charge >= 0.3 is 5.97 Å². The summed E-state index contributed by atoms with van der Waals surface area (Å²) < 4.78 is 5.36. The predicted octanol–water partition coefficient (Wildman–Crippen LogP) is 3.86. The molecule has 6 nitrogen and oxygen atoms in total. The molecule has 0 aliphatic carbocycles. The molecule has 2 unspecified atom stereocenters. The Hall–Kier alpha value is -2.67. The summed E-state index contributed by atoms with van der Waals surface area (Å²) in [6.07, 6.45) is 0.658. The van der Waals surface area contributed by atoms with E-state index in [9.17, 15) is 14.4 Å². The largest absolute Gasteiger partial charge is 0.455 e. The first-order valence-corrected chi connectivity index (χ1v) is 11.1. The Morgan fingerprint density at radius 2 is 1.97 bits per heavy atom. The van der Waals surface area contributed by atoms with Gasteiger partial charge < -0.3 is 15.0 Å². The number of esters is 1. The number of nitrogens with one attached hydrogen (secondary N) is 1. The molecule has 7 heteroatoms.